The molecular formula is C8H12Br2O4. The highest BCUT2D eigenvalue weighted by Crippen LogP contribution is 2.16. The van der Waals surface area contributed by atoms with Gasteiger partial charge in [0.2, 0.25) is 0 Å². The van der Waals surface area contributed by atoms with E-state index in [1.165, 1.54) is 14.2 Å². The maximum atomic E-state index is 11.0. The monoisotopic (exact) mass is 330 g/mol. The van der Waals surface area contributed by atoms with E-state index in [1.54, 1.807) is 0 Å². The first-order valence-electron chi connectivity index (χ1n) is 3.96. The maximum Gasteiger partial charge on any atom is 0.319 e. The van der Waals surface area contributed by atoms with Crippen molar-refractivity contribution in [2.75, 3.05) is 14.2 Å². The Morgan fingerprint density at radius 3 is 1.50 bits per heavy atom. The van der Waals surface area contributed by atoms with Crippen molar-refractivity contribution in [1.29, 1.82) is 0 Å². The number of methoxy groups -OCH3 is 2. The van der Waals surface area contributed by atoms with Gasteiger partial charge in [0.1, 0.15) is 9.65 Å². The van der Waals surface area contributed by atoms with Crippen LogP contribution >= 0.6 is 31.9 Å². The zero-order valence-corrected chi connectivity index (χ0v) is 11.1. The van der Waals surface area contributed by atoms with Crippen molar-refractivity contribution < 1.29 is 19.1 Å². The quantitative estimate of drug-likeness (QED) is 0.567. The topological polar surface area (TPSA) is 52.6 Å². The van der Waals surface area contributed by atoms with Crippen LogP contribution in [-0.2, 0) is 19.1 Å². The smallest absolute Gasteiger partial charge is 0.319 e. The summed E-state index contributed by atoms with van der Waals surface area (Å²) in [6, 6.07) is 0. The average molecular weight is 332 g/mol. The second kappa shape index (κ2) is 7.23. The van der Waals surface area contributed by atoms with E-state index in [4.69, 9.17) is 0 Å². The number of hydrogen-bond donors (Lipinski definition) is 0. The molecule has 0 aliphatic carbocycles. The largest absolute Gasteiger partial charge is 0.468 e. The Bertz CT molecular complexity index is 186. The first-order valence-corrected chi connectivity index (χ1v) is 5.79. The second-order valence-electron chi connectivity index (χ2n) is 2.56. The summed E-state index contributed by atoms with van der Waals surface area (Å²) in [5, 5.41) is 0. The summed E-state index contributed by atoms with van der Waals surface area (Å²) in [5.41, 5.74) is 0. The lowest BCUT2D eigenvalue weighted by Crippen LogP contribution is -2.20. The van der Waals surface area contributed by atoms with Crippen LogP contribution in [0.25, 0.3) is 0 Å². The number of rotatable bonds is 5. The van der Waals surface area contributed by atoms with E-state index in [1.807, 2.05) is 0 Å². The standard InChI is InChI=1S/C8H12Br2O4/c1-13-7(11)5(9)3-4-6(10)8(12)14-2/h5-6H,3-4H2,1-2H3/t5-,6-/m0/s1. The molecule has 0 rings (SSSR count). The molecule has 14 heavy (non-hydrogen) atoms. The highest BCUT2D eigenvalue weighted by atomic mass is 79.9. The molecule has 0 aromatic heterocycles. The summed E-state index contributed by atoms with van der Waals surface area (Å²) in [7, 11) is 2.64. The van der Waals surface area contributed by atoms with Crippen molar-refractivity contribution >= 4 is 43.8 Å². The molecule has 0 radical (unpaired) electrons. The molecule has 0 fully saturated rings. The first-order chi connectivity index (χ1) is 6.52. The van der Waals surface area contributed by atoms with Crippen molar-refractivity contribution in [3.63, 3.8) is 0 Å². The van der Waals surface area contributed by atoms with Gasteiger partial charge >= 0.3 is 11.9 Å². The number of alkyl halides is 2. The predicted molar refractivity (Wildman–Crippen MR) is 58.7 cm³/mol. The molecule has 0 saturated heterocycles. The lowest BCUT2D eigenvalue weighted by molar-refractivity contribution is -0.141. The van der Waals surface area contributed by atoms with Gasteiger partial charge in [0.25, 0.3) is 0 Å². The Balaban J connectivity index is 3.82. The normalized spacial score (nSPS) is 14.3. The van der Waals surface area contributed by atoms with Gasteiger partial charge in [-0.05, 0) is 12.8 Å². The molecule has 82 valence electrons. The fourth-order valence-corrected chi connectivity index (χ4v) is 1.69. The zero-order valence-electron chi connectivity index (χ0n) is 7.96. The molecule has 0 aromatic rings. The molecule has 0 unspecified atom stereocenters. The molecule has 0 aromatic carbocycles. The zero-order chi connectivity index (χ0) is 11.1. The van der Waals surface area contributed by atoms with E-state index >= 15 is 0 Å². The number of esters is 2. The van der Waals surface area contributed by atoms with Crippen LogP contribution in [0.5, 0.6) is 0 Å². The molecule has 6 heteroatoms. The van der Waals surface area contributed by atoms with Crippen LogP contribution in [-0.4, -0.2) is 35.8 Å². The molecule has 0 heterocycles. The SMILES string of the molecule is COC(=O)[C@@H](Br)CC[C@H](Br)C(=O)OC. The minimum absolute atomic E-state index is 0.338. The Hall–Kier alpha value is -0.100. The summed E-state index contributed by atoms with van der Waals surface area (Å²) >= 11 is 6.31. The number of hydrogen-bond acceptors (Lipinski definition) is 4. The highest BCUT2D eigenvalue weighted by molar-refractivity contribution is 9.10. The molecule has 0 saturated carbocycles. The predicted octanol–water partition coefficient (Wildman–Crippen LogP) is 1.64. The second-order valence-corrected chi connectivity index (χ2v) is 4.77. The molecule has 0 aliphatic rings. The fourth-order valence-electron chi connectivity index (χ4n) is 0.784. The summed E-state index contributed by atoms with van der Waals surface area (Å²) in [4.78, 5) is 21.2. The minimum Gasteiger partial charge on any atom is -0.468 e. The van der Waals surface area contributed by atoms with Crippen molar-refractivity contribution in [2.24, 2.45) is 0 Å². The van der Waals surface area contributed by atoms with Crippen molar-refractivity contribution in [3.8, 4) is 0 Å². The molecule has 0 bridgehead atoms. The van der Waals surface area contributed by atoms with Crippen LogP contribution in [0.4, 0.5) is 0 Å². The maximum absolute atomic E-state index is 11.0. The van der Waals surface area contributed by atoms with E-state index in [2.05, 4.69) is 41.3 Å². The van der Waals surface area contributed by atoms with Gasteiger partial charge in [-0.25, -0.2) is 0 Å². The van der Waals surface area contributed by atoms with E-state index in [0.29, 0.717) is 12.8 Å². The number of carbonyl (C=O) groups is 2. The highest BCUT2D eigenvalue weighted by Gasteiger charge is 2.20. The van der Waals surface area contributed by atoms with Crippen LogP contribution in [0.2, 0.25) is 0 Å². The fraction of sp³-hybridized carbons (Fsp3) is 0.750. The van der Waals surface area contributed by atoms with Gasteiger partial charge in [0.15, 0.2) is 0 Å². The Morgan fingerprint density at radius 2 is 1.29 bits per heavy atom. The molecule has 0 aliphatic heterocycles. The van der Waals surface area contributed by atoms with E-state index < -0.39 is 0 Å². The van der Waals surface area contributed by atoms with E-state index in [0.717, 1.165) is 0 Å². The molecule has 0 N–H and O–H groups in total. The lowest BCUT2D eigenvalue weighted by atomic mass is 10.2. The Morgan fingerprint density at radius 1 is 1.00 bits per heavy atom. The van der Waals surface area contributed by atoms with Gasteiger partial charge in [-0.15, -0.1) is 0 Å². The van der Waals surface area contributed by atoms with Crippen LogP contribution in [0.15, 0.2) is 0 Å². The van der Waals surface area contributed by atoms with Gasteiger partial charge in [0.05, 0.1) is 14.2 Å². The van der Waals surface area contributed by atoms with E-state index in [9.17, 15) is 9.59 Å². The Kier molecular flexibility index (Phi) is 7.17. The lowest BCUT2D eigenvalue weighted by Gasteiger charge is -2.09. The summed E-state index contributed by atoms with van der Waals surface area (Å²) in [6.45, 7) is 0. The summed E-state index contributed by atoms with van der Waals surface area (Å²) in [6.07, 6.45) is 1.02. The number of carbonyl (C=O) groups excluding carboxylic acids is 2. The summed E-state index contributed by atoms with van der Waals surface area (Å²) in [5.74, 6) is -0.677. The van der Waals surface area contributed by atoms with Crippen LogP contribution in [0.3, 0.4) is 0 Å². The summed E-state index contributed by atoms with van der Waals surface area (Å²) < 4.78 is 9.03. The minimum atomic E-state index is -0.378. The molecule has 0 spiro atoms. The van der Waals surface area contributed by atoms with Gasteiger partial charge in [-0.3, -0.25) is 9.59 Å². The van der Waals surface area contributed by atoms with Gasteiger partial charge in [0, 0.05) is 0 Å². The third-order valence-corrected chi connectivity index (χ3v) is 3.25. The van der Waals surface area contributed by atoms with Gasteiger partial charge in [-0.1, -0.05) is 31.9 Å². The first kappa shape index (κ1) is 13.9. The van der Waals surface area contributed by atoms with Crippen LogP contribution < -0.4 is 0 Å². The average Bonchev–Trinajstić information content (AvgIpc) is 2.22. The molecular weight excluding hydrogens is 320 g/mol. The number of ether oxygens (including phenoxy) is 2. The molecule has 4 nitrogen and oxygen atoms in total. The van der Waals surface area contributed by atoms with Gasteiger partial charge < -0.3 is 9.47 Å². The molecule has 2 atom stereocenters. The number of halogens is 2. The third kappa shape index (κ3) is 4.95. The van der Waals surface area contributed by atoms with Crippen molar-refractivity contribution in [2.45, 2.75) is 22.5 Å². The van der Waals surface area contributed by atoms with Crippen molar-refractivity contribution in [1.82, 2.24) is 0 Å². The van der Waals surface area contributed by atoms with Gasteiger partial charge in [-0.2, -0.15) is 0 Å². The molecule has 0 amide bonds. The van der Waals surface area contributed by atoms with Crippen LogP contribution in [0.1, 0.15) is 12.8 Å². The van der Waals surface area contributed by atoms with E-state index in [-0.39, 0.29) is 21.6 Å². The Labute approximate surface area is 99.6 Å². The van der Waals surface area contributed by atoms with Crippen molar-refractivity contribution in [3.05, 3.63) is 0 Å². The third-order valence-electron chi connectivity index (χ3n) is 1.59. The van der Waals surface area contributed by atoms with Crippen LogP contribution in [0, 0.1) is 0 Å².